The Labute approximate surface area is 200 Å². The molecule has 0 fully saturated rings. The van der Waals surface area contributed by atoms with Crippen LogP contribution in [-0.2, 0) is 17.4 Å². The van der Waals surface area contributed by atoms with Crippen LogP contribution in [0.15, 0.2) is 24.3 Å². The van der Waals surface area contributed by atoms with Crippen molar-refractivity contribution in [3.05, 3.63) is 57.6 Å². The van der Waals surface area contributed by atoms with E-state index < -0.39 is 5.97 Å². The highest BCUT2D eigenvalue weighted by atomic mass is 16.5. The topological polar surface area (TPSA) is 111 Å². The van der Waals surface area contributed by atoms with E-state index in [1.807, 2.05) is 41.5 Å². The summed E-state index contributed by atoms with van der Waals surface area (Å²) in [6.45, 7) is 14.3. The largest absolute Gasteiger partial charge is 0.507 e. The highest BCUT2D eigenvalue weighted by molar-refractivity contribution is 6.06. The molecular formula is C27H34N2O5. The van der Waals surface area contributed by atoms with Gasteiger partial charge in [0.05, 0.1) is 13.2 Å². The third-order valence-electron chi connectivity index (χ3n) is 6.05. The predicted octanol–water partition coefficient (Wildman–Crippen LogP) is 5.11. The van der Waals surface area contributed by atoms with Crippen LogP contribution >= 0.6 is 0 Å². The van der Waals surface area contributed by atoms with E-state index in [4.69, 9.17) is 10.1 Å². The quantitative estimate of drug-likeness (QED) is 0.510. The smallest absolute Gasteiger partial charge is 0.339 e. The second kappa shape index (κ2) is 8.78. The van der Waals surface area contributed by atoms with Crippen LogP contribution in [0.4, 0.5) is 0 Å². The van der Waals surface area contributed by atoms with Crippen molar-refractivity contribution in [1.82, 2.24) is 4.90 Å². The monoisotopic (exact) mass is 466 g/mol. The number of hydrogen-bond donors (Lipinski definition) is 3. The maximum atomic E-state index is 13.4. The van der Waals surface area contributed by atoms with Crippen LogP contribution in [0, 0.1) is 5.41 Å². The number of aromatic hydroxyl groups is 1. The van der Waals surface area contributed by atoms with Gasteiger partial charge in [-0.3, -0.25) is 10.2 Å². The maximum absolute atomic E-state index is 13.4. The number of aromatic carboxylic acids is 1. The molecule has 0 radical (unpaired) electrons. The molecule has 0 atom stereocenters. The van der Waals surface area contributed by atoms with Gasteiger partial charge in [-0.1, -0.05) is 41.5 Å². The number of nitrogens with zero attached hydrogens (tertiary/aromatic N) is 1. The molecule has 0 aliphatic carbocycles. The van der Waals surface area contributed by atoms with E-state index in [0.717, 1.165) is 0 Å². The molecule has 0 saturated carbocycles. The fraction of sp³-hybridized carbons (Fsp3) is 0.444. The molecule has 1 aliphatic heterocycles. The average Bonchev–Trinajstić information content (AvgIpc) is 3.00. The highest BCUT2D eigenvalue weighted by Crippen LogP contribution is 2.40. The lowest BCUT2D eigenvalue weighted by Gasteiger charge is -2.28. The van der Waals surface area contributed by atoms with Gasteiger partial charge in [0.25, 0.3) is 0 Å². The van der Waals surface area contributed by atoms with E-state index in [0.29, 0.717) is 34.4 Å². The number of benzene rings is 2. The van der Waals surface area contributed by atoms with Crippen LogP contribution in [0.5, 0.6) is 11.5 Å². The van der Waals surface area contributed by atoms with Gasteiger partial charge in [0.1, 0.15) is 22.9 Å². The van der Waals surface area contributed by atoms with Crippen molar-refractivity contribution in [3.8, 4) is 11.5 Å². The molecule has 0 bridgehead atoms. The lowest BCUT2D eigenvalue weighted by atomic mass is 9.78. The number of phenolic OH excluding ortho intramolecular Hbond substituents is 1. The van der Waals surface area contributed by atoms with Gasteiger partial charge in [0.2, 0.25) is 0 Å². The van der Waals surface area contributed by atoms with Gasteiger partial charge in [-0.05, 0) is 47.6 Å². The van der Waals surface area contributed by atoms with E-state index in [-0.39, 0.29) is 52.6 Å². The Morgan fingerprint density at radius 2 is 1.59 bits per heavy atom. The molecule has 0 aromatic heterocycles. The number of hydrogen-bond acceptors (Lipinski definition) is 5. The first-order chi connectivity index (χ1) is 15.6. The third-order valence-corrected chi connectivity index (χ3v) is 6.05. The van der Waals surface area contributed by atoms with E-state index in [9.17, 15) is 19.8 Å². The number of ether oxygens (including phenoxy) is 1. The molecule has 182 valence electrons. The van der Waals surface area contributed by atoms with Crippen molar-refractivity contribution in [1.29, 1.82) is 5.41 Å². The molecule has 2 aromatic carbocycles. The second-order valence-electron chi connectivity index (χ2n) is 10.8. The Balaban J connectivity index is 1.95. The molecule has 0 saturated heterocycles. The zero-order valence-electron chi connectivity index (χ0n) is 21.0. The lowest BCUT2D eigenvalue weighted by Crippen LogP contribution is -2.30. The summed E-state index contributed by atoms with van der Waals surface area (Å²) in [6, 6.07) is 6.59. The molecule has 1 aliphatic rings. The van der Waals surface area contributed by atoms with Gasteiger partial charge in [0, 0.05) is 28.8 Å². The number of nitrogens with one attached hydrogen (secondary N) is 1. The molecule has 7 heteroatoms. The Bertz CT molecular complexity index is 1130. The minimum Gasteiger partial charge on any atom is -0.507 e. The van der Waals surface area contributed by atoms with Gasteiger partial charge in [-0.2, -0.15) is 0 Å². The maximum Gasteiger partial charge on any atom is 0.339 e. The van der Waals surface area contributed by atoms with Crippen LogP contribution in [0.1, 0.15) is 91.4 Å². The van der Waals surface area contributed by atoms with Gasteiger partial charge in [-0.15, -0.1) is 0 Å². The number of Topliss-reactive ketones (excluding diaryl/α,β-unsaturated/α-hetero) is 1. The third kappa shape index (κ3) is 4.79. The fourth-order valence-electron chi connectivity index (χ4n) is 4.21. The second-order valence-corrected chi connectivity index (χ2v) is 10.8. The van der Waals surface area contributed by atoms with E-state index in [1.54, 1.807) is 30.0 Å². The number of amidine groups is 1. The van der Waals surface area contributed by atoms with Crippen LogP contribution in [0.2, 0.25) is 0 Å². The lowest BCUT2D eigenvalue weighted by molar-refractivity contribution is 0.0692. The summed E-state index contributed by atoms with van der Waals surface area (Å²) in [5.74, 6) is -0.678. The summed E-state index contributed by atoms with van der Waals surface area (Å²) in [5.41, 5.74) is 2.46. The van der Waals surface area contributed by atoms with Gasteiger partial charge in [-0.25, -0.2) is 4.79 Å². The number of carboxylic acid groups (broad SMARTS) is 1. The van der Waals surface area contributed by atoms with Crippen LogP contribution in [0.25, 0.3) is 0 Å². The van der Waals surface area contributed by atoms with Crippen molar-refractivity contribution >= 4 is 17.6 Å². The first kappa shape index (κ1) is 25.3. The summed E-state index contributed by atoms with van der Waals surface area (Å²) in [5, 5.41) is 29.1. The molecule has 3 N–H and O–H groups in total. The molecule has 1 heterocycles. The molecule has 2 aromatic rings. The van der Waals surface area contributed by atoms with Gasteiger partial charge < -0.3 is 19.8 Å². The van der Waals surface area contributed by atoms with Crippen molar-refractivity contribution in [2.45, 2.75) is 65.8 Å². The Morgan fingerprint density at radius 1 is 1.03 bits per heavy atom. The summed E-state index contributed by atoms with van der Waals surface area (Å²) in [4.78, 5) is 26.7. The summed E-state index contributed by atoms with van der Waals surface area (Å²) in [7, 11) is 0. The first-order valence-corrected chi connectivity index (χ1v) is 11.4. The fourth-order valence-corrected chi connectivity index (χ4v) is 4.21. The number of carbonyl (C=O) groups is 2. The van der Waals surface area contributed by atoms with E-state index in [2.05, 4.69) is 0 Å². The zero-order valence-corrected chi connectivity index (χ0v) is 21.0. The number of carboxylic acids is 1. The highest BCUT2D eigenvalue weighted by Gasteiger charge is 2.31. The van der Waals surface area contributed by atoms with Gasteiger partial charge >= 0.3 is 5.97 Å². The standard InChI is InChI=1S/C27H34N2O5/c1-8-34-22-12-17-16(9-18(22)25(32)33)13-29(24(17)28)14-21(30)15-10-19(26(2,3)4)23(31)20(11-15)27(5,6)7/h9-12,28,31H,8,13-14H2,1-7H3,(H,32,33). The zero-order chi connectivity index (χ0) is 25.6. The molecule has 7 nitrogen and oxygen atoms in total. The molecule has 0 spiro atoms. The van der Waals surface area contributed by atoms with Crippen molar-refractivity contribution in [2.24, 2.45) is 0 Å². The molecule has 0 amide bonds. The van der Waals surface area contributed by atoms with Crippen molar-refractivity contribution in [3.63, 3.8) is 0 Å². The summed E-state index contributed by atoms with van der Waals surface area (Å²) < 4.78 is 5.47. The summed E-state index contributed by atoms with van der Waals surface area (Å²) >= 11 is 0. The van der Waals surface area contributed by atoms with Crippen molar-refractivity contribution in [2.75, 3.05) is 13.2 Å². The van der Waals surface area contributed by atoms with Crippen LogP contribution in [0.3, 0.4) is 0 Å². The number of fused-ring (bicyclic) bond motifs is 1. The SMILES string of the molecule is CCOc1cc2c(cc1C(=O)O)CN(CC(=O)c1cc(C(C)(C)C)c(O)c(C(C)(C)C)c1)C2=N. The molecule has 3 rings (SSSR count). The molecule has 34 heavy (non-hydrogen) atoms. The Kier molecular flexibility index (Phi) is 6.53. The van der Waals surface area contributed by atoms with E-state index >= 15 is 0 Å². The van der Waals surface area contributed by atoms with Gasteiger partial charge in [0.15, 0.2) is 5.78 Å². The normalized spacial score (nSPS) is 13.7. The van der Waals surface area contributed by atoms with E-state index in [1.165, 1.54) is 6.07 Å². The minimum absolute atomic E-state index is 0.0299. The molecule has 0 unspecified atom stereocenters. The number of rotatable bonds is 6. The number of ketones is 1. The Hall–Kier alpha value is -3.35. The van der Waals surface area contributed by atoms with Crippen LogP contribution in [-0.4, -0.2) is 45.9 Å². The Morgan fingerprint density at radius 3 is 2.06 bits per heavy atom. The first-order valence-electron chi connectivity index (χ1n) is 11.4. The van der Waals surface area contributed by atoms with Crippen LogP contribution < -0.4 is 4.74 Å². The molecular weight excluding hydrogens is 432 g/mol. The number of phenols is 1. The predicted molar refractivity (Wildman–Crippen MR) is 132 cm³/mol. The minimum atomic E-state index is -1.10. The summed E-state index contributed by atoms with van der Waals surface area (Å²) in [6.07, 6.45) is 0. The van der Waals surface area contributed by atoms with Crippen molar-refractivity contribution < 1.29 is 24.5 Å². The average molecular weight is 467 g/mol. The number of carbonyl (C=O) groups excluding carboxylic acids is 1.